The van der Waals surface area contributed by atoms with Crippen molar-refractivity contribution in [1.82, 2.24) is 0 Å². The number of hydrogen-bond donors (Lipinski definition) is 0. The first-order valence-corrected chi connectivity index (χ1v) is 10.3. The lowest BCUT2D eigenvalue weighted by atomic mass is 10.2. The molecule has 0 bridgehead atoms. The van der Waals surface area contributed by atoms with E-state index in [0.717, 1.165) is 38.5 Å². The standard InChI is InChI=1S/C15H32O5Si/c1-5-14-15(20-14)10-12-16-11-9-13-21(17-6-2,18-7-3)19-8-4/h14-15H,5-13H2,1-4H3. The van der Waals surface area contributed by atoms with Gasteiger partial charge >= 0.3 is 8.80 Å². The second-order valence-corrected chi connectivity index (χ2v) is 7.84. The third kappa shape index (κ3) is 7.21. The van der Waals surface area contributed by atoms with Crippen LogP contribution in [0.25, 0.3) is 0 Å². The second kappa shape index (κ2) is 10.7. The fourth-order valence-electron chi connectivity index (χ4n) is 2.49. The smallest absolute Gasteiger partial charge is 0.381 e. The van der Waals surface area contributed by atoms with Gasteiger partial charge in [-0.3, -0.25) is 0 Å². The third-order valence-corrected chi connectivity index (χ3v) is 6.65. The molecule has 1 aliphatic heterocycles. The van der Waals surface area contributed by atoms with Crippen LogP contribution in [0.1, 0.15) is 47.0 Å². The van der Waals surface area contributed by atoms with Crippen molar-refractivity contribution < 1.29 is 22.8 Å². The molecule has 1 fully saturated rings. The Labute approximate surface area is 130 Å². The van der Waals surface area contributed by atoms with E-state index >= 15 is 0 Å². The zero-order chi connectivity index (χ0) is 15.6. The predicted molar refractivity (Wildman–Crippen MR) is 84.4 cm³/mol. The van der Waals surface area contributed by atoms with Crippen LogP contribution in [0.3, 0.4) is 0 Å². The van der Waals surface area contributed by atoms with Crippen molar-refractivity contribution >= 4 is 8.80 Å². The molecule has 0 aromatic rings. The summed E-state index contributed by atoms with van der Waals surface area (Å²) in [5, 5.41) is 0. The molecular formula is C15H32O5Si. The lowest BCUT2D eigenvalue weighted by Crippen LogP contribution is -2.46. The largest absolute Gasteiger partial charge is 0.501 e. The van der Waals surface area contributed by atoms with E-state index in [-0.39, 0.29) is 0 Å². The molecule has 0 saturated carbocycles. The summed E-state index contributed by atoms with van der Waals surface area (Å²) in [7, 11) is -2.49. The van der Waals surface area contributed by atoms with Crippen LogP contribution in [-0.4, -0.2) is 54.0 Å². The van der Waals surface area contributed by atoms with E-state index in [4.69, 9.17) is 22.8 Å². The van der Waals surface area contributed by atoms with Gasteiger partial charge in [-0.1, -0.05) is 6.92 Å². The molecule has 1 aliphatic rings. The highest BCUT2D eigenvalue weighted by atomic mass is 28.4. The zero-order valence-corrected chi connectivity index (χ0v) is 15.1. The van der Waals surface area contributed by atoms with E-state index in [2.05, 4.69) is 6.92 Å². The molecule has 0 aromatic carbocycles. The lowest BCUT2D eigenvalue weighted by Gasteiger charge is -2.28. The van der Waals surface area contributed by atoms with Gasteiger partial charge in [0.2, 0.25) is 0 Å². The minimum Gasteiger partial charge on any atom is -0.381 e. The lowest BCUT2D eigenvalue weighted by molar-refractivity contribution is 0.0654. The predicted octanol–water partition coefficient (Wildman–Crippen LogP) is 3.01. The van der Waals surface area contributed by atoms with Gasteiger partial charge in [0.25, 0.3) is 0 Å². The summed E-state index contributed by atoms with van der Waals surface area (Å²) >= 11 is 0. The first-order chi connectivity index (χ1) is 10.2. The first kappa shape index (κ1) is 19.1. The quantitative estimate of drug-likeness (QED) is 0.280. The molecule has 2 atom stereocenters. The average molecular weight is 321 g/mol. The summed E-state index contributed by atoms with van der Waals surface area (Å²) in [5.41, 5.74) is 0. The summed E-state index contributed by atoms with van der Waals surface area (Å²) in [6.45, 7) is 11.5. The number of rotatable bonds is 14. The van der Waals surface area contributed by atoms with Crippen LogP contribution in [0, 0.1) is 0 Å². The van der Waals surface area contributed by atoms with Gasteiger partial charge in [-0.15, -0.1) is 0 Å². The Kier molecular flexibility index (Phi) is 9.71. The van der Waals surface area contributed by atoms with E-state index < -0.39 is 8.80 Å². The van der Waals surface area contributed by atoms with E-state index in [1.807, 2.05) is 20.8 Å². The molecule has 21 heavy (non-hydrogen) atoms. The number of epoxide rings is 1. The zero-order valence-electron chi connectivity index (χ0n) is 14.1. The summed E-state index contributed by atoms with van der Waals surface area (Å²) in [6.07, 6.45) is 3.93. The molecule has 2 unspecified atom stereocenters. The molecule has 0 aromatic heterocycles. The highest BCUT2D eigenvalue weighted by Crippen LogP contribution is 2.27. The Balaban J connectivity index is 2.13. The Morgan fingerprint density at radius 2 is 1.48 bits per heavy atom. The normalized spacial score (nSPS) is 21.7. The molecule has 6 heteroatoms. The Hall–Kier alpha value is 0.0169. The molecule has 0 radical (unpaired) electrons. The van der Waals surface area contributed by atoms with Gasteiger partial charge in [-0.2, -0.15) is 0 Å². The highest BCUT2D eigenvalue weighted by Gasteiger charge is 2.39. The van der Waals surface area contributed by atoms with Crippen LogP contribution >= 0.6 is 0 Å². The molecule has 1 heterocycles. The van der Waals surface area contributed by atoms with Crippen LogP contribution in [0.5, 0.6) is 0 Å². The molecule has 0 amide bonds. The summed E-state index contributed by atoms with van der Waals surface area (Å²) < 4.78 is 28.6. The summed E-state index contributed by atoms with van der Waals surface area (Å²) in [5.74, 6) is 0. The molecule has 0 aliphatic carbocycles. The van der Waals surface area contributed by atoms with Gasteiger partial charge in [-0.05, 0) is 40.0 Å². The number of hydrogen-bond acceptors (Lipinski definition) is 5. The van der Waals surface area contributed by atoms with Crippen LogP contribution in [0.2, 0.25) is 6.04 Å². The van der Waals surface area contributed by atoms with Crippen molar-refractivity contribution in [2.24, 2.45) is 0 Å². The monoisotopic (exact) mass is 320 g/mol. The van der Waals surface area contributed by atoms with Crippen LogP contribution in [0.15, 0.2) is 0 Å². The molecule has 1 rings (SSSR count). The third-order valence-electron chi connectivity index (χ3n) is 3.50. The van der Waals surface area contributed by atoms with Gasteiger partial charge in [0.05, 0.1) is 12.2 Å². The topological polar surface area (TPSA) is 49.5 Å². The van der Waals surface area contributed by atoms with Crippen LogP contribution in [-0.2, 0) is 22.8 Å². The maximum absolute atomic E-state index is 5.81. The van der Waals surface area contributed by atoms with Gasteiger partial charge in [0.15, 0.2) is 0 Å². The molecule has 1 saturated heterocycles. The molecule has 5 nitrogen and oxygen atoms in total. The first-order valence-electron chi connectivity index (χ1n) is 8.36. The maximum atomic E-state index is 5.81. The van der Waals surface area contributed by atoms with Crippen molar-refractivity contribution in [3.8, 4) is 0 Å². The van der Waals surface area contributed by atoms with Crippen LogP contribution < -0.4 is 0 Å². The average Bonchev–Trinajstić information content (AvgIpc) is 3.22. The van der Waals surface area contributed by atoms with E-state index in [1.165, 1.54) is 0 Å². The molecule has 0 spiro atoms. The van der Waals surface area contributed by atoms with Crippen LogP contribution in [0.4, 0.5) is 0 Å². The number of ether oxygens (including phenoxy) is 2. The summed E-state index contributed by atoms with van der Waals surface area (Å²) in [6, 6.07) is 0.819. The van der Waals surface area contributed by atoms with Gasteiger partial charge in [0.1, 0.15) is 0 Å². The Morgan fingerprint density at radius 3 is 1.95 bits per heavy atom. The minimum absolute atomic E-state index is 0.429. The van der Waals surface area contributed by atoms with Gasteiger partial charge < -0.3 is 22.8 Å². The van der Waals surface area contributed by atoms with Crippen molar-refractivity contribution in [2.45, 2.75) is 65.2 Å². The minimum atomic E-state index is -2.49. The Morgan fingerprint density at radius 1 is 0.857 bits per heavy atom. The summed E-state index contributed by atoms with van der Waals surface area (Å²) in [4.78, 5) is 0. The second-order valence-electron chi connectivity index (χ2n) is 5.11. The maximum Gasteiger partial charge on any atom is 0.501 e. The Bertz CT molecular complexity index is 247. The van der Waals surface area contributed by atoms with Crippen molar-refractivity contribution in [1.29, 1.82) is 0 Å². The van der Waals surface area contributed by atoms with Crippen molar-refractivity contribution in [2.75, 3.05) is 33.0 Å². The fourth-order valence-corrected chi connectivity index (χ4v) is 5.07. The van der Waals surface area contributed by atoms with E-state index in [0.29, 0.717) is 32.0 Å². The molecular weight excluding hydrogens is 288 g/mol. The van der Waals surface area contributed by atoms with Crippen molar-refractivity contribution in [3.05, 3.63) is 0 Å². The van der Waals surface area contributed by atoms with Crippen molar-refractivity contribution in [3.63, 3.8) is 0 Å². The van der Waals surface area contributed by atoms with E-state index in [1.54, 1.807) is 0 Å². The molecule has 126 valence electrons. The fraction of sp³-hybridized carbons (Fsp3) is 1.00. The van der Waals surface area contributed by atoms with Gasteiger partial charge in [0, 0.05) is 39.1 Å². The van der Waals surface area contributed by atoms with Gasteiger partial charge in [-0.25, -0.2) is 0 Å². The highest BCUT2D eigenvalue weighted by molar-refractivity contribution is 6.60. The molecule has 0 N–H and O–H groups in total. The SMILES string of the molecule is CCO[Si](CCCOCCC1OC1CC)(OCC)OCC. The van der Waals surface area contributed by atoms with E-state index in [9.17, 15) is 0 Å².